The molecule has 1 saturated heterocycles. The number of nitrogens with one attached hydrogen (secondary N) is 1. The highest BCUT2D eigenvalue weighted by Crippen LogP contribution is 2.34. The van der Waals surface area contributed by atoms with E-state index < -0.39 is 35.7 Å². The quantitative estimate of drug-likeness (QED) is 0.830. The van der Waals surface area contributed by atoms with Crippen LogP contribution in [-0.2, 0) is 16.1 Å². The van der Waals surface area contributed by atoms with Gasteiger partial charge in [-0.05, 0) is 5.56 Å². The van der Waals surface area contributed by atoms with Gasteiger partial charge in [0.25, 0.3) is 5.91 Å². The number of halogens is 3. The van der Waals surface area contributed by atoms with Gasteiger partial charge in [0.05, 0.1) is 6.54 Å². The number of likely N-dealkylation sites (tertiary alicyclic amines) is 1. The number of hydrogen-bond acceptors (Lipinski definition) is 4. The average Bonchev–Trinajstić information content (AvgIpc) is 2.96. The molecule has 1 fully saturated rings. The minimum atomic E-state index is -4.73. The van der Waals surface area contributed by atoms with E-state index in [9.17, 15) is 22.8 Å². The maximum atomic E-state index is 12.8. The van der Waals surface area contributed by atoms with E-state index in [1.165, 1.54) is 0 Å². The van der Waals surface area contributed by atoms with Gasteiger partial charge in [-0.25, -0.2) is 0 Å². The first-order chi connectivity index (χ1) is 9.89. The van der Waals surface area contributed by atoms with E-state index in [0.29, 0.717) is 5.56 Å². The number of amides is 2. The molecule has 0 unspecified atom stereocenters. The van der Waals surface area contributed by atoms with Crippen LogP contribution in [0, 0.1) is 5.92 Å². The van der Waals surface area contributed by atoms with Gasteiger partial charge in [-0.3, -0.25) is 19.9 Å². The molecule has 0 radical (unpaired) electrons. The maximum Gasteiger partial charge on any atom is 0.432 e. The lowest BCUT2D eigenvalue weighted by Gasteiger charge is -2.16. The fourth-order valence-electron chi connectivity index (χ4n) is 2.50. The van der Waals surface area contributed by atoms with Crippen molar-refractivity contribution < 1.29 is 22.8 Å². The van der Waals surface area contributed by atoms with Crippen molar-refractivity contribution in [3.05, 3.63) is 35.9 Å². The lowest BCUT2D eigenvalue weighted by atomic mass is 9.98. The number of hydrogen-bond donors (Lipinski definition) is 1. The third-order valence-corrected chi connectivity index (χ3v) is 3.49. The van der Waals surface area contributed by atoms with Gasteiger partial charge in [-0.2, -0.15) is 18.3 Å². The van der Waals surface area contributed by atoms with Gasteiger partial charge in [0.1, 0.15) is 12.0 Å². The van der Waals surface area contributed by atoms with Crippen LogP contribution in [0.4, 0.5) is 13.2 Å². The van der Waals surface area contributed by atoms with Gasteiger partial charge < -0.3 is 0 Å². The van der Waals surface area contributed by atoms with E-state index in [1.807, 2.05) is 0 Å². The van der Waals surface area contributed by atoms with Crippen LogP contribution in [-0.4, -0.2) is 34.6 Å². The smallest absolute Gasteiger partial charge is 0.296 e. The second-order valence-corrected chi connectivity index (χ2v) is 4.83. The molecule has 1 aromatic rings. The van der Waals surface area contributed by atoms with Crippen molar-refractivity contribution in [1.29, 1.82) is 0 Å². The highest BCUT2D eigenvalue weighted by molar-refractivity contribution is 6.20. The van der Waals surface area contributed by atoms with Crippen LogP contribution in [0.5, 0.6) is 0 Å². The van der Waals surface area contributed by atoms with Gasteiger partial charge in [-0.1, -0.05) is 30.3 Å². The van der Waals surface area contributed by atoms with E-state index >= 15 is 0 Å². The Morgan fingerprint density at radius 1 is 1.14 bits per heavy atom. The first-order valence-electron chi connectivity index (χ1n) is 6.19. The topological polar surface area (TPSA) is 61.8 Å². The monoisotopic (exact) mass is 297 g/mol. The molecule has 1 N–H and O–H groups in total. The summed E-state index contributed by atoms with van der Waals surface area (Å²) in [5.41, 5.74) is 1.56. The molecule has 0 saturated carbocycles. The van der Waals surface area contributed by atoms with Crippen molar-refractivity contribution >= 4 is 17.5 Å². The number of imide groups is 1. The van der Waals surface area contributed by atoms with Gasteiger partial charge in [-0.15, -0.1) is 0 Å². The summed E-state index contributed by atoms with van der Waals surface area (Å²) in [5.74, 6) is -3.13. The minimum Gasteiger partial charge on any atom is -0.296 e. The SMILES string of the molecule is O=C1[C@H]2C(C(F)(F)F)=NN[C@@H]2C(=O)N1Cc1ccccc1. The second kappa shape index (κ2) is 4.57. The predicted octanol–water partition coefficient (Wildman–Crippen LogP) is 1.06. The van der Waals surface area contributed by atoms with Crippen LogP contribution < -0.4 is 5.43 Å². The average molecular weight is 297 g/mol. The lowest BCUT2D eigenvalue weighted by molar-refractivity contribution is -0.140. The van der Waals surface area contributed by atoms with Crippen LogP contribution >= 0.6 is 0 Å². The van der Waals surface area contributed by atoms with Crippen LogP contribution in [0.15, 0.2) is 35.4 Å². The molecule has 2 heterocycles. The van der Waals surface area contributed by atoms with Crippen molar-refractivity contribution in [2.75, 3.05) is 0 Å². The number of alkyl halides is 3. The highest BCUT2D eigenvalue weighted by atomic mass is 19.4. The molecule has 8 heteroatoms. The summed E-state index contributed by atoms with van der Waals surface area (Å²) >= 11 is 0. The Hall–Kier alpha value is -2.38. The molecule has 0 spiro atoms. The summed E-state index contributed by atoms with van der Waals surface area (Å²) in [4.78, 5) is 25.1. The summed E-state index contributed by atoms with van der Waals surface area (Å²) in [6.45, 7) is -0.0433. The number of rotatable bonds is 2. The van der Waals surface area contributed by atoms with Gasteiger partial charge in [0.2, 0.25) is 5.91 Å². The van der Waals surface area contributed by atoms with Gasteiger partial charge in [0.15, 0.2) is 5.71 Å². The van der Waals surface area contributed by atoms with Gasteiger partial charge >= 0.3 is 6.18 Å². The largest absolute Gasteiger partial charge is 0.432 e. The molecular weight excluding hydrogens is 287 g/mol. The molecule has 0 aromatic heterocycles. The molecule has 0 bridgehead atoms. The first-order valence-corrected chi connectivity index (χ1v) is 6.19. The van der Waals surface area contributed by atoms with Crippen molar-refractivity contribution in [1.82, 2.24) is 10.3 Å². The Bertz CT molecular complexity index is 627. The Kier molecular flexibility index (Phi) is 2.96. The van der Waals surface area contributed by atoms with Crippen molar-refractivity contribution in [2.24, 2.45) is 11.0 Å². The van der Waals surface area contributed by atoms with E-state index in [-0.39, 0.29) is 6.54 Å². The fourth-order valence-corrected chi connectivity index (χ4v) is 2.50. The minimum absolute atomic E-state index is 0.0433. The van der Waals surface area contributed by atoms with Crippen LogP contribution in [0.2, 0.25) is 0 Å². The van der Waals surface area contributed by atoms with Crippen LogP contribution in [0.25, 0.3) is 0 Å². The molecule has 3 rings (SSSR count). The van der Waals surface area contributed by atoms with E-state index in [0.717, 1.165) is 4.90 Å². The van der Waals surface area contributed by atoms with Crippen molar-refractivity contribution in [3.8, 4) is 0 Å². The number of hydrazone groups is 1. The Balaban J connectivity index is 1.86. The van der Waals surface area contributed by atoms with Gasteiger partial charge in [0, 0.05) is 0 Å². The van der Waals surface area contributed by atoms with E-state index in [4.69, 9.17) is 0 Å². The molecule has 1 aromatic carbocycles. The first kappa shape index (κ1) is 13.6. The van der Waals surface area contributed by atoms with Crippen molar-refractivity contribution in [2.45, 2.75) is 18.8 Å². The second-order valence-electron chi connectivity index (χ2n) is 4.83. The summed E-state index contributed by atoms with van der Waals surface area (Å²) in [6.07, 6.45) is -4.73. The summed E-state index contributed by atoms with van der Waals surface area (Å²) in [6, 6.07) is 7.35. The lowest BCUT2D eigenvalue weighted by Crippen LogP contribution is -2.37. The molecule has 2 aliphatic heterocycles. The molecule has 21 heavy (non-hydrogen) atoms. The number of benzene rings is 1. The molecule has 2 aliphatic rings. The predicted molar refractivity (Wildman–Crippen MR) is 65.9 cm³/mol. The summed E-state index contributed by atoms with van der Waals surface area (Å²) < 4.78 is 38.4. The molecule has 5 nitrogen and oxygen atoms in total. The van der Waals surface area contributed by atoms with E-state index in [1.54, 1.807) is 30.3 Å². The highest BCUT2D eigenvalue weighted by Gasteiger charge is 2.59. The number of fused-ring (bicyclic) bond motifs is 1. The third kappa shape index (κ3) is 2.16. The Morgan fingerprint density at radius 3 is 2.43 bits per heavy atom. The van der Waals surface area contributed by atoms with E-state index in [2.05, 4.69) is 10.5 Å². The Morgan fingerprint density at radius 2 is 1.81 bits per heavy atom. The molecular formula is C13H10F3N3O2. The zero-order valence-corrected chi connectivity index (χ0v) is 10.6. The maximum absolute atomic E-state index is 12.8. The molecule has 2 atom stereocenters. The standard InChI is InChI=1S/C13H10F3N3O2/c14-13(15,16)10-8-9(17-18-10)12(21)19(11(8)20)6-7-4-2-1-3-5-7/h1-5,8-9,17H,6H2/t8-,9+/m1/s1. The fraction of sp³-hybridized carbons (Fsp3) is 0.308. The molecule has 0 aliphatic carbocycles. The van der Waals surface area contributed by atoms with Crippen LogP contribution in [0.3, 0.4) is 0 Å². The normalized spacial score (nSPS) is 24.9. The number of nitrogens with zero attached hydrogens (tertiary/aromatic N) is 2. The third-order valence-electron chi connectivity index (χ3n) is 3.49. The number of carbonyl (C=O) groups is 2. The van der Waals surface area contributed by atoms with Crippen LogP contribution in [0.1, 0.15) is 5.56 Å². The summed E-state index contributed by atoms with van der Waals surface area (Å²) in [5, 5.41) is 3.11. The zero-order chi connectivity index (χ0) is 15.2. The number of carbonyl (C=O) groups excluding carboxylic acids is 2. The zero-order valence-electron chi connectivity index (χ0n) is 10.6. The Labute approximate surface area is 117 Å². The van der Waals surface area contributed by atoms with Crippen molar-refractivity contribution in [3.63, 3.8) is 0 Å². The molecule has 110 valence electrons. The molecule has 2 amide bonds. The summed E-state index contributed by atoms with van der Waals surface area (Å²) in [7, 11) is 0.